The van der Waals surface area contributed by atoms with Crippen molar-refractivity contribution >= 4 is 0 Å². The van der Waals surface area contributed by atoms with Crippen LogP contribution in [-0.2, 0) is 42.6 Å². The molecule has 1 fully saturated rings. The zero-order valence-corrected chi connectivity index (χ0v) is 22.4. The molecule has 1 heterocycles. The van der Waals surface area contributed by atoms with E-state index in [2.05, 4.69) is 18.9 Å². The second kappa shape index (κ2) is 25.3. The van der Waals surface area contributed by atoms with Gasteiger partial charge in [0.05, 0.1) is 112 Å². The normalized spacial score (nSPS) is 18.6. The lowest BCUT2D eigenvalue weighted by Crippen LogP contribution is -2.24. The summed E-state index contributed by atoms with van der Waals surface area (Å²) >= 11 is 0. The van der Waals surface area contributed by atoms with Crippen LogP contribution >= 0.6 is 0 Å². The highest BCUT2D eigenvalue weighted by atomic mass is 16.6. The Morgan fingerprint density at radius 2 is 0.857 bits per heavy atom. The Bertz CT molecular complexity index is 434. The first-order valence-corrected chi connectivity index (χ1v) is 13.2. The number of likely N-dealkylation sites (N-methyl/N-ethyl adjacent to an activating group) is 1. The minimum Gasteiger partial charge on any atom is -0.379 e. The van der Waals surface area contributed by atoms with E-state index < -0.39 is 0 Å². The predicted molar refractivity (Wildman–Crippen MR) is 133 cm³/mol. The molecular formula is C25H51NO9. The average Bonchev–Trinajstić information content (AvgIpc) is 3.23. The minimum absolute atomic E-state index is 0.338. The predicted octanol–water partition coefficient (Wildman–Crippen LogP) is 1.64. The standard InChI is InChI=1S/C25H51NO9/c1-4-24-22-25(23-26(24)3)35-21-20-34-19-18-33-17-16-32-15-14-31-13-12-30-11-10-29-9-8-28-7-6-27-5-2/h24-25H,4-23H2,1-3H3. The van der Waals surface area contributed by atoms with Crippen molar-refractivity contribution in [3.8, 4) is 0 Å². The van der Waals surface area contributed by atoms with Gasteiger partial charge < -0.3 is 47.5 Å². The second-order valence-corrected chi connectivity index (χ2v) is 8.21. The third-order valence-corrected chi connectivity index (χ3v) is 5.51. The van der Waals surface area contributed by atoms with Crippen LogP contribution in [0.15, 0.2) is 0 Å². The smallest absolute Gasteiger partial charge is 0.0718 e. The number of likely N-dealkylation sites (tertiary alicyclic amines) is 1. The Labute approximate surface area is 212 Å². The quantitative estimate of drug-likeness (QED) is 0.152. The molecule has 1 rings (SSSR count). The summed E-state index contributed by atoms with van der Waals surface area (Å²) in [7, 11) is 2.17. The van der Waals surface area contributed by atoms with Crippen LogP contribution in [0.4, 0.5) is 0 Å². The molecule has 0 N–H and O–H groups in total. The van der Waals surface area contributed by atoms with Gasteiger partial charge in [0.2, 0.25) is 0 Å². The maximum Gasteiger partial charge on any atom is 0.0718 e. The first kappa shape index (κ1) is 32.6. The lowest BCUT2D eigenvalue weighted by atomic mass is 10.1. The molecular weight excluding hydrogens is 458 g/mol. The highest BCUT2D eigenvalue weighted by Crippen LogP contribution is 2.20. The maximum atomic E-state index is 5.90. The summed E-state index contributed by atoms with van der Waals surface area (Å²) in [4.78, 5) is 2.38. The highest BCUT2D eigenvalue weighted by Gasteiger charge is 2.28. The van der Waals surface area contributed by atoms with E-state index in [1.165, 1.54) is 6.42 Å². The molecule has 2 unspecified atom stereocenters. The van der Waals surface area contributed by atoms with Crippen LogP contribution in [0.3, 0.4) is 0 Å². The van der Waals surface area contributed by atoms with Gasteiger partial charge in [-0.15, -0.1) is 0 Å². The van der Waals surface area contributed by atoms with E-state index in [9.17, 15) is 0 Å². The van der Waals surface area contributed by atoms with Gasteiger partial charge >= 0.3 is 0 Å². The van der Waals surface area contributed by atoms with Gasteiger partial charge in [-0.1, -0.05) is 6.92 Å². The van der Waals surface area contributed by atoms with E-state index in [-0.39, 0.29) is 0 Å². The molecule has 0 spiro atoms. The molecule has 0 bridgehead atoms. The van der Waals surface area contributed by atoms with Crippen LogP contribution in [0, 0.1) is 0 Å². The topological polar surface area (TPSA) is 86.3 Å². The Kier molecular flexibility index (Phi) is 23.5. The van der Waals surface area contributed by atoms with Gasteiger partial charge in [0.1, 0.15) is 0 Å². The van der Waals surface area contributed by atoms with Gasteiger partial charge in [0.15, 0.2) is 0 Å². The molecule has 0 saturated carbocycles. The number of nitrogens with zero attached hydrogens (tertiary/aromatic N) is 1. The molecule has 1 saturated heterocycles. The molecule has 0 amide bonds. The van der Waals surface area contributed by atoms with E-state index in [4.69, 9.17) is 42.6 Å². The minimum atomic E-state index is 0.338. The third-order valence-electron chi connectivity index (χ3n) is 5.51. The van der Waals surface area contributed by atoms with Crippen LogP contribution in [0.5, 0.6) is 0 Å². The van der Waals surface area contributed by atoms with Crippen LogP contribution in [0.1, 0.15) is 26.7 Å². The first-order chi connectivity index (χ1) is 17.3. The van der Waals surface area contributed by atoms with Gasteiger partial charge in [0, 0.05) is 19.2 Å². The fraction of sp³-hybridized carbons (Fsp3) is 1.00. The zero-order valence-electron chi connectivity index (χ0n) is 22.4. The Balaban J connectivity index is 1.65. The van der Waals surface area contributed by atoms with Gasteiger partial charge in [0.25, 0.3) is 0 Å². The van der Waals surface area contributed by atoms with E-state index >= 15 is 0 Å². The molecule has 1 aliphatic rings. The fourth-order valence-corrected chi connectivity index (χ4v) is 3.58. The molecule has 1 aliphatic heterocycles. The lowest BCUT2D eigenvalue weighted by Gasteiger charge is -2.15. The van der Waals surface area contributed by atoms with Crippen LogP contribution < -0.4 is 0 Å². The number of hydrogen-bond acceptors (Lipinski definition) is 10. The number of ether oxygens (including phenoxy) is 9. The van der Waals surface area contributed by atoms with Crippen molar-refractivity contribution in [2.24, 2.45) is 0 Å². The molecule has 10 heteroatoms. The van der Waals surface area contributed by atoms with Crippen molar-refractivity contribution in [1.29, 1.82) is 0 Å². The summed E-state index contributed by atoms with van der Waals surface area (Å²) in [5, 5.41) is 0. The third kappa shape index (κ3) is 20.4. The second-order valence-electron chi connectivity index (χ2n) is 8.21. The molecule has 35 heavy (non-hydrogen) atoms. The summed E-state index contributed by atoms with van der Waals surface area (Å²) in [6, 6.07) is 0.653. The van der Waals surface area contributed by atoms with Crippen molar-refractivity contribution in [2.45, 2.75) is 38.8 Å². The Morgan fingerprint density at radius 1 is 0.514 bits per heavy atom. The van der Waals surface area contributed by atoms with Crippen LogP contribution in [0.2, 0.25) is 0 Å². The van der Waals surface area contributed by atoms with Crippen molar-refractivity contribution in [2.75, 3.05) is 126 Å². The monoisotopic (exact) mass is 509 g/mol. The summed E-state index contributed by atoms with van der Waals surface area (Å²) in [5.74, 6) is 0. The summed E-state index contributed by atoms with van der Waals surface area (Å²) in [6.45, 7) is 15.0. The fourth-order valence-electron chi connectivity index (χ4n) is 3.58. The molecule has 210 valence electrons. The number of rotatable bonds is 27. The van der Waals surface area contributed by atoms with Crippen molar-refractivity contribution in [1.82, 2.24) is 4.90 Å². The molecule has 10 nitrogen and oxygen atoms in total. The Hall–Kier alpha value is -0.400. The van der Waals surface area contributed by atoms with E-state index in [0.717, 1.165) is 19.6 Å². The van der Waals surface area contributed by atoms with E-state index in [1.54, 1.807) is 0 Å². The molecule has 0 aromatic rings. The Morgan fingerprint density at radius 3 is 1.17 bits per heavy atom. The summed E-state index contributed by atoms with van der Waals surface area (Å²) in [6.07, 6.45) is 2.64. The van der Waals surface area contributed by atoms with Gasteiger partial charge in [-0.05, 0) is 26.8 Å². The first-order valence-electron chi connectivity index (χ1n) is 13.2. The lowest BCUT2D eigenvalue weighted by molar-refractivity contribution is -0.0279. The average molecular weight is 510 g/mol. The molecule has 2 atom stereocenters. The SMILES string of the molecule is CCOCCOCCOCCOCCOCCOCCOCCOCCOC1CC(CC)N(C)C1. The van der Waals surface area contributed by atoms with Crippen LogP contribution in [0.25, 0.3) is 0 Å². The van der Waals surface area contributed by atoms with Crippen molar-refractivity contribution in [3.63, 3.8) is 0 Å². The van der Waals surface area contributed by atoms with Crippen LogP contribution in [-0.4, -0.2) is 143 Å². The summed E-state index contributed by atoms with van der Waals surface area (Å²) in [5.41, 5.74) is 0. The largest absolute Gasteiger partial charge is 0.379 e. The zero-order chi connectivity index (χ0) is 25.2. The van der Waals surface area contributed by atoms with E-state index in [0.29, 0.717) is 118 Å². The molecule has 0 aliphatic carbocycles. The van der Waals surface area contributed by atoms with Crippen molar-refractivity contribution < 1.29 is 42.6 Å². The maximum absolute atomic E-state index is 5.90. The van der Waals surface area contributed by atoms with Gasteiger partial charge in [-0.25, -0.2) is 0 Å². The van der Waals surface area contributed by atoms with Gasteiger partial charge in [-0.3, -0.25) is 0 Å². The van der Waals surface area contributed by atoms with Crippen molar-refractivity contribution in [3.05, 3.63) is 0 Å². The number of hydrogen-bond donors (Lipinski definition) is 0. The molecule has 0 aromatic heterocycles. The highest BCUT2D eigenvalue weighted by molar-refractivity contribution is 4.82. The molecule has 0 radical (unpaired) electrons. The van der Waals surface area contributed by atoms with E-state index in [1.807, 2.05) is 6.92 Å². The van der Waals surface area contributed by atoms with Gasteiger partial charge in [-0.2, -0.15) is 0 Å². The molecule has 0 aromatic carbocycles. The summed E-state index contributed by atoms with van der Waals surface area (Å²) < 4.78 is 49.3.